The molecular weight excluding hydrogens is 270 g/mol. The number of rotatable bonds is 1. The van der Waals surface area contributed by atoms with Gasteiger partial charge >= 0.3 is 0 Å². The maximum absolute atomic E-state index is 5.75. The van der Waals surface area contributed by atoms with Crippen LogP contribution in [0.5, 0.6) is 0 Å². The molecule has 0 saturated heterocycles. The van der Waals surface area contributed by atoms with Crippen LogP contribution in [0.25, 0.3) is 0 Å². The summed E-state index contributed by atoms with van der Waals surface area (Å²) in [5.41, 5.74) is 3.92. The zero-order valence-electron chi connectivity index (χ0n) is 6.62. The van der Waals surface area contributed by atoms with Crippen molar-refractivity contribution in [2.24, 2.45) is 0 Å². The summed E-state index contributed by atoms with van der Waals surface area (Å²) in [5, 5.41) is 0. The Morgan fingerprint density at radius 1 is 1.27 bits per heavy atom. The average molecular weight is 281 g/mol. The van der Waals surface area contributed by atoms with Crippen LogP contribution >= 0.6 is 34.2 Å². The quantitative estimate of drug-likeness (QED) is 0.544. The molecule has 0 aliphatic heterocycles. The third kappa shape index (κ3) is 1.88. The molecule has 1 aromatic carbocycles. The molecular formula is C9H10ClI. The molecule has 0 saturated carbocycles. The number of alkyl halides is 1. The number of halogens is 2. The Hall–Kier alpha value is 0.240. The van der Waals surface area contributed by atoms with Crippen molar-refractivity contribution in [2.45, 2.75) is 19.7 Å². The van der Waals surface area contributed by atoms with Gasteiger partial charge in [0.05, 0.1) is 0 Å². The van der Waals surface area contributed by atoms with Crippen molar-refractivity contribution >= 4 is 34.2 Å². The van der Waals surface area contributed by atoms with Crippen molar-refractivity contribution in [1.82, 2.24) is 0 Å². The maximum atomic E-state index is 5.75. The van der Waals surface area contributed by atoms with Gasteiger partial charge in [0, 0.05) is 9.45 Å². The monoisotopic (exact) mass is 280 g/mol. The molecule has 11 heavy (non-hydrogen) atoms. The van der Waals surface area contributed by atoms with E-state index in [1.807, 2.05) is 0 Å². The van der Waals surface area contributed by atoms with Gasteiger partial charge in [0.2, 0.25) is 0 Å². The van der Waals surface area contributed by atoms with E-state index < -0.39 is 0 Å². The normalized spacial score (nSPS) is 10.2. The van der Waals surface area contributed by atoms with Gasteiger partial charge in [0.15, 0.2) is 0 Å². The van der Waals surface area contributed by atoms with E-state index >= 15 is 0 Å². The smallest absolute Gasteiger partial charge is 0.0476 e. The summed E-state index contributed by atoms with van der Waals surface area (Å²) in [6.45, 7) is 4.25. The zero-order chi connectivity index (χ0) is 8.43. The van der Waals surface area contributed by atoms with Crippen LogP contribution in [-0.2, 0) is 5.88 Å². The Morgan fingerprint density at radius 3 is 2.45 bits per heavy atom. The van der Waals surface area contributed by atoms with E-state index in [-0.39, 0.29) is 0 Å². The van der Waals surface area contributed by atoms with E-state index in [2.05, 4.69) is 48.6 Å². The van der Waals surface area contributed by atoms with Crippen molar-refractivity contribution in [1.29, 1.82) is 0 Å². The molecule has 0 nitrogen and oxygen atoms in total. The first kappa shape index (κ1) is 9.33. The fourth-order valence-electron chi connectivity index (χ4n) is 0.988. The Kier molecular flexibility index (Phi) is 3.19. The molecule has 0 spiro atoms. The van der Waals surface area contributed by atoms with Crippen molar-refractivity contribution in [3.8, 4) is 0 Å². The van der Waals surface area contributed by atoms with E-state index in [0.29, 0.717) is 5.88 Å². The molecule has 0 atom stereocenters. The second-order valence-electron chi connectivity index (χ2n) is 2.59. The lowest BCUT2D eigenvalue weighted by atomic mass is 10.1. The van der Waals surface area contributed by atoms with Crippen LogP contribution in [0.15, 0.2) is 12.1 Å². The molecule has 0 N–H and O–H groups in total. The van der Waals surface area contributed by atoms with Gasteiger partial charge in [0.25, 0.3) is 0 Å². The van der Waals surface area contributed by atoms with Gasteiger partial charge in [-0.1, -0.05) is 6.07 Å². The van der Waals surface area contributed by atoms with Crippen LogP contribution < -0.4 is 0 Å². The van der Waals surface area contributed by atoms with Crippen LogP contribution in [-0.4, -0.2) is 0 Å². The Balaban J connectivity index is 3.25. The molecule has 0 aromatic heterocycles. The van der Waals surface area contributed by atoms with Crippen molar-refractivity contribution in [3.05, 3.63) is 32.4 Å². The van der Waals surface area contributed by atoms with Gasteiger partial charge in [-0.3, -0.25) is 0 Å². The van der Waals surface area contributed by atoms with E-state index in [1.54, 1.807) is 0 Å². The van der Waals surface area contributed by atoms with E-state index in [9.17, 15) is 0 Å². The summed E-state index contributed by atoms with van der Waals surface area (Å²) in [7, 11) is 0. The summed E-state index contributed by atoms with van der Waals surface area (Å²) in [6, 6.07) is 4.21. The van der Waals surface area contributed by atoms with Gasteiger partial charge < -0.3 is 0 Å². The number of hydrogen-bond donors (Lipinski definition) is 0. The molecule has 0 aliphatic rings. The largest absolute Gasteiger partial charge is 0.122 e. The summed E-state index contributed by atoms with van der Waals surface area (Å²) in [4.78, 5) is 0. The third-order valence-corrected chi connectivity index (χ3v) is 3.43. The van der Waals surface area contributed by atoms with Gasteiger partial charge in [0.1, 0.15) is 0 Å². The number of benzene rings is 1. The van der Waals surface area contributed by atoms with Gasteiger partial charge in [-0.15, -0.1) is 11.6 Å². The average Bonchev–Trinajstić information content (AvgIpc) is 2.01. The summed E-state index contributed by atoms with van der Waals surface area (Å²) >= 11 is 8.09. The van der Waals surface area contributed by atoms with Crippen LogP contribution in [0, 0.1) is 17.4 Å². The predicted octanol–water partition coefficient (Wildman–Crippen LogP) is 3.65. The molecule has 1 rings (SSSR count). The van der Waals surface area contributed by atoms with E-state index in [4.69, 9.17) is 11.6 Å². The fraction of sp³-hybridized carbons (Fsp3) is 0.333. The second-order valence-corrected chi connectivity index (χ2v) is 4.02. The molecule has 0 fully saturated rings. The fourth-order valence-corrected chi connectivity index (χ4v) is 1.86. The topological polar surface area (TPSA) is 0 Å². The molecule has 2 heteroatoms. The Labute approximate surface area is 86.1 Å². The first-order valence-electron chi connectivity index (χ1n) is 3.47. The predicted molar refractivity (Wildman–Crippen MR) is 58.2 cm³/mol. The highest BCUT2D eigenvalue weighted by Crippen LogP contribution is 2.20. The highest BCUT2D eigenvalue weighted by atomic mass is 127. The first-order valence-corrected chi connectivity index (χ1v) is 5.08. The van der Waals surface area contributed by atoms with Crippen molar-refractivity contribution in [2.75, 3.05) is 0 Å². The molecule has 0 unspecified atom stereocenters. The van der Waals surface area contributed by atoms with Crippen molar-refractivity contribution in [3.63, 3.8) is 0 Å². The van der Waals surface area contributed by atoms with Gasteiger partial charge in [-0.05, 0) is 59.2 Å². The Morgan fingerprint density at radius 2 is 1.91 bits per heavy atom. The molecule has 1 aromatic rings. The minimum Gasteiger partial charge on any atom is -0.122 e. The van der Waals surface area contributed by atoms with Gasteiger partial charge in [-0.2, -0.15) is 0 Å². The maximum Gasteiger partial charge on any atom is 0.0476 e. The second kappa shape index (κ2) is 3.76. The first-order chi connectivity index (χ1) is 5.16. The zero-order valence-corrected chi connectivity index (χ0v) is 9.53. The van der Waals surface area contributed by atoms with Gasteiger partial charge in [-0.25, -0.2) is 0 Å². The molecule has 0 bridgehead atoms. The Bertz CT molecular complexity index is 269. The molecule has 0 amide bonds. The minimum atomic E-state index is 0.615. The molecule has 0 heterocycles. The lowest BCUT2D eigenvalue weighted by Crippen LogP contribution is -1.91. The lowest BCUT2D eigenvalue weighted by Gasteiger charge is -2.06. The standard InChI is InChI=1S/C9H10ClI/c1-6-7(2)9(11)4-3-8(6)5-10/h3-4H,5H2,1-2H3. The highest BCUT2D eigenvalue weighted by Gasteiger charge is 2.02. The van der Waals surface area contributed by atoms with Crippen LogP contribution in [0.3, 0.4) is 0 Å². The lowest BCUT2D eigenvalue weighted by molar-refractivity contribution is 1.22. The molecule has 60 valence electrons. The molecule has 0 aliphatic carbocycles. The van der Waals surface area contributed by atoms with Crippen LogP contribution in [0.1, 0.15) is 16.7 Å². The van der Waals surface area contributed by atoms with E-state index in [0.717, 1.165) is 0 Å². The molecule has 0 radical (unpaired) electrons. The van der Waals surface area contributed by atoms with Crippen molar-refractivity contribution < 1.29 is 0 Å². The summed E-state index contributed by atoms with van der Waals surface area (Å²) in [5.74, 6) is 0.615. The number of hydrogen-bond acceptors (Lipinski definition) is 0. The summed E-state index contributed by atoms with van der Waals surface area (Å²) < 4.78 is 1.31. The van der Waals surface area contributed by atoms with Crippen LogP contribution in [0.4, 0.5) is 0 Å². The summed E-state index contributed by atoms with van der Waals surface area (Å²) in [6.07, 6.45) is 0. The SMILES string of the molecule is Cc1c(I)ccc(CCl)c1C. The van der Waals surface area contributed by atoms with Crippen LogP contribution in [0.2, 0.25) is 0 Å². The third-order valence-electron chi connectivity index (χ3n) is 1.98. The minimum absolute atomic E-state index is 0.615. The van der Waals surface area contributed by atoms with E-state index in [1.165, 1.54) is 20.3 Å². The highest BCUT2D eigenvalue weighted by molar-refractivity contribution is 14.1.